The first-order valence-corrected chi connectivity index (χ1v) is 7.42. The van der Waals surface area contributed by atoms with Crippen LogP contribution in [0.15, 0.2) is 67.3 Å². The van der Waals surface area contributed by atoms with Crippen LogP contribution in [0, 0.1) is 0 Å². The first-order valence-electron chi connectivity index (χ1n) is 7.42. The van der Waals surface area contributed by atoms with Crippen molar-refractivity contribution >= 4 is 11.9 Å². The normalized spacial score (nSPS) is 9.83. The van der Waals surface area contributed by atoms with E-state index in [0.717, 1.165) is 11.6 Å². The lowest BCUT2D eigenvalue weighted by atomic mass is 10.2. The lowest BCUT2D eigenvalue weighted by Crippen LogP contribution is -2.10. The highest BCUT2D eigenvalue weighted by Crippen LogP contribution is 2.13. The number of hydrogen-bond acceptors (Lipinski definition) is 5. The van der Waals surface area contributed by atoms with E-state index in [2.05, 4.69) is 6.58 Å². The molecule has 0 fully saturated rings. The molecule has 0 unspecified atom stereocenters. The third-order valence-electron chi connectivity index (χ3n) is 3.07. The smallest absolute Gasteiger partial charge is 0.338 e. The molecule has 0 aliphatic rings. The highest BCUT2D eigenvalue weighted by Gasteiger charge is 2.07. The highest BCUT2D eigenvalue weighted by atomic mass is 16.6. The molecule has 0 atom stereocenters. The highest BCUT2D eigenvalue weighted by molar-refractivity contribution is 5.89. The summed E-state index contributed by atoms with van der Waals surface area (Å²) in [6.45, 7) is 3.88. The molecule has 0 N–H and O–H groups in total. The lowest BCUT2D eigenvalue weighted by molar-refractivity contribution is -0.138. The van der Waals surface area contributed by atoms with E-state index < -0.39 is 11.9 Å². The maximum atomic E-state index is 12.0. The van der Waals surface area contributed by atoms with Crippen LogP contribution in [0.25, 0.3) is 0 Å². The first-order chi connectivity index (χ1) is 11.7. The minimum atomic E-state index is -0.491. The van der Waals surface area contributed by atoms with Crippen LogP contribution in [0.3, 0.4) is 0 Å². The molecule has 5 heteroatoms. The molecule has 2 aromatic carbocycles. The van der Waals surface area contributed by atoms with Crippen LogP contribution in [0.1, 0.15) is 15.9 Å². The standard InChI is InChI=1S/C19H18O5/c1-2-18(20)23-13-12-22-17-10-8-16(9-11-17)19(21)24-14-15-6-4-3-5-7-15/h2-11H,1,12-14H2. The van der Waals surface area contributed by atoms with Gasteiger partial charge >= 0.3 is 11.9 Å². The van der Waals surface area contributed by atoms with Crippen LogP contribution < -0.4 is 4.74 Å². The summed E-state index contributed by atoms with van der Waals surface area (Å²) in [7, 11) is 0. The number of ether oxygens (including phenoxy) is 3. The van der Waals surface area contributed by atoms with Crippen molar-refractivity contribution in [2.45, 2.75) is 6.61 Å². The lowest BCUT2D eigenvalue weighted by Gasteiger charge is -2.08. The van der Waals surface area contributed by atoms with Gasteiger partial charge in [0, 0.05) is 6.08 Å². The van der Waals surface area contributed by atoms with Crippen molar-refractivity contribution in [1.29, 1.82) is 0 Å². The van der Waals surface area contributed by atoms with E-state index in [9.17, 15) is 9.59 Å². The molecule has 0 amide bonds. The maximum Gasteiger partial charge on any atom is 0.338 e. The van der Waals surface area contributed by atoms with E-state index in [-0.39, 0.29) is 19.8 Å². The van der Waals surface area contributed by atoms with E-state index in [1.807, 2.05) is 30.3 Å². The number of rotatable bonds is 8. The Morgan fingerprint density at radius 3 is 2.29 bits per heavy atom. The molecule has 0 aromatic heterocycles. The van der Waals surface area contributed by atoms with Gasteiger partial charge in [0.1, 0.15) is 25.6 Å². The second-order valence-corrected chi connectivity index (χ2v) is 4.81. The SMILES string of the molecule is C=CC(=O)OCCOc1ccc(C(=O)OCc2ccccc2)cc1. The molecular weight excluding hydrogens is 308 g/mol. The average molecular weight is 326 g/mol. The van der Waals surface area contributed by atoms with E-state index in [1.54, 1.807) is 24.3 Å². The van der Waals surface area contributed by atoms with Gasteiger partial charge in [-0.15, -0.1) is 0 Å². The van der Waals surface area contributed by atoms with Gasteiger partial charge in [0.05, 0.1) is 5.56 Å². The zero-order valence-corrected chi connectivity index (χ0v) is 13.1. The number of carbonyl (C=O) groups is 2. The average Bonchev–Trinajstić information content (AvgIpc) is 2.64. The molecule has 0 saturated carbocycles. The summed E-state index contributed by atoms with van der Waals surface area (Å²) in [5.41, 5.74) is 1.37. The van der Waals surface area contributed by atoms with Gasteiger partial charge in [-0.3, -0.25) is 0 Å². The largest absolute Gasteiger partial charge is 0.490 e. The zero-order valence-electron chi connectivity index (χ0n) is 13.1. The number of esters is 2. The van der Waals surface area contributed by atoms with Crippen LogP contribution in [-0.2, 0) is 20.9 Å². The number of carbonyl (C=O) groups excluding carboxylic acids is 2. The summed E-state index contributed by atoms with van der Waals surface area (Å²) in [5, 5.41) is 0. The van der Waals surface area contributed by atoms with E-state index >= 15 is 0 Å². The Kier molecular flexibility index (Phi) is 6.58. The fraction of sp³-hybridized carbons (Fsp3) is 0.158. The van der Waals surface area contributed by atoms with Crippen molar-refractivity contribution in [2.75, 3.05) is 13.2 Å². The monoisotopic (exact) mass is 326 g/mol. The number of hydrogen-bond donors (Lipinski definition) is 0. The van der Waals surface area contributed by atoms with Crippen molar-refractivity contribution in [3.05, 3.63) is 78.4 Å². The van der Waals surface area contributed by atoms with Gasteiger partial charge in [-0.1, -0.05) is 36.9 Å². The van der Waals surface area contributed by atoms with Crippen molar-refractivity contribution in [3.63, 3.8) is 0 Å². The van der Waals surface area contributed by atoms with Gasteiger partial charge in [0.15, 0.2) is 0 Å². The molecule has 0 heterocycles. The third-order valence-corrected chi connectivity index (χ3v) is 3.07. The van der Waals surface area contributed by atoms with Crippen molar-refractivity contribution in [2.24, 2.45) is 0 Å². The second-order valence-electron chi connectivity index (χ2n) is 4.81. The van der Waals surface area contributed by atoms with Crippen LogP contribution in [0.5, 0.6) is 5.75 Å². The molecule has 0 bridgehead atoms. The van der Waals surface area contributed by atoms with Crippen LogP contribution in [0.4, 0.5) is 0 Å². The molecule has 2 aromatic rings. The van der Waals surface area contributed by atoms with Gasteiger partial charge in [-0.2, -0.15) is 0 Å². The fourth-order valence-electron chi connectivity index (χ4n) is 1.85. The number of benzene rings is 2. The molecular formula is C19H18O5. The Morgan fingerprint density at radius 1 is 0.917 bits per heavy atom. The zero-order chi connectivity index (χ0) is 17.2. The van der Waals surface area contributed by atoms with Crippen molar-refractivity contribution in [1.82, 2.24) is 0 Å². The van der Waals surface area contributed by atoms with E-state index in [0.29, 0.717) is 11.3 Å². The molecule has 5 nitrogen and oxygen atoms in total. The molecule has 2 rings (SSSR count). The maximum absolute atomic E-state index is 12.0. The molecule has 0 aliphatic heterocycles. The molecule has 24 heavy (non-hydrogen) atoms. The van der Waals surface area contributed by atoms with Crippen molar-refractivity contribution < 1.29 is 23.8 Å². The summed E-state index contributed by atoms with van der Waals surface area (Å²) in [6.07, 6.45) is 1.09. The summed E-state index contributed by atoms with van der Waals surface area (Å²) in [4.78, 5) is 22.8. The Labute approximate surface area is 140 Å². The second kappa shape index (κ2) is 9.15. The van der Waals surface area contributed by atoms with Crippen molar-refractivity contribution in [3.8, 4) is 5.75 Å². The van der Waals surface area contributed by atoms with E-state index in [4.69, 9.17) is 14.2 Å². The Bertz CT molecular complexity index is 677. The predicted octanol–water partition coefficient (Wildman–Crippen LogP) is 3.15. The molecule has 0 aliphatic carbocycles. The summed E-state index contributed by atoms with van der Waals surface area (Å²) >= 11 is 0. The predicted molar refractivity (Wildman–Crippen MR) is 88.7 cm³/mol. The third kappa shape index (κ3) is 5.61. The molecule has 0 spiro atoms. The van der Waals surface area contributed by atoms with Crippen LogP contribution in [0.2, 0.25) is 0 Å². The molecule has 0 saturated heterocycles. The summed E-state index contributed by atoms with van der Waals surface area (Å²) < 4.78 is 15.4. The van der Waals surface area contributed by atoms with Gasteiger partial charge in [0.25, 0.3) is 0 Å². The topological polar surface area (TPSA) is 61.8 Å². The quantitative estimate of drug-likeness (QED) is 0.424. The first kappa shape index (κ1) is 17.3. The van der Waals surface area contributed by atoms with Gasteiger partial charge in [-0.05, 0) is 29.8 Å². The minimum Gasteiger partial charge on any atom is -0.490 e. The van der Waals surface area contributed by atoms with E-state index in [1.165, 1.54) is 0 Å². The summed E-state index contributed by atoms with van der Waals surface area (Å²) in [5.74, 6) is -0.315. The fourth-order valence-corrected chi connectivity index (χ4v) is 1.85. The Morgan fingerprint density at radius 2 is 1.62 bits per heavy atom. The summed E-state index contributed by atoms with van der Waals surface area (Å²) in [6, 6.07) is 16.0. The minimum absolute atomic E-state index is 0.131. The Balaban J connectivity index is 1.77. The van der Waals surface area contributed by atoms with Crippen LogP contribution >= 0.6 is 0 Å². The van der Waals surface area contributed by atoms with Gasteiger partial charge in [0.2, 0.25) is 0 Å². The van der Waals surface area contributed by atoms with Gasteiger partial charge in [-0.25, -0.2) is 9.59 Å². The van der Waals surface area contributed by atoms with Crippen LogP contribution in [-0.4, -0.2) is 25.2 Å². The molecule has 124 valence electrons. The van der Waals surface area contributed by atoms with Gasteiger partial charge < -0.3 is 14.2 Å². The Hall–Kier alpha value is -3.08. The molecule has 0 radical (unpaired) electrons.